The lowest BCUT2D eigenvalue weighted by Gasteiger charge is -2.12. The van der Waals surface area contributed by atoms with Gasteiger partial charge in [-0.05, 0) is 31.9 Å². The van der Waals surface area contributed by atoms with E-state index in [2.05, 4.69) is 24.0 Å². The smallest absolute Gasteiger partial charge is 0.101 e. The molecule has 0 aliphatic heterocycles. The van der Waals surface area contributed by atoms with E-state index in [1.54, 1.807) is 42.3 Å². The van der Waals surface area contributed by atoms with E-state index in [9.17, 15) is 5.11 Å². The van der Waals surface area contributed by atoms with Crippen molar-refractivity contribution in [1.29, 1.82) is 10.8 Å². The maximum atomic E-state index is 9.30. The summed E-state index contributed by atoms with van der Waals surface area (Å²) in [6.07, 6.45) is 14.3. The predicted octanol–water partition coefficient (Wildman–Crippen LogP) is 2.20. The molecule has 2 aromatic rings. The molecule has 156 valence electrons. The summed E-state index contributed by atoms with van der Waals surface area (Å²) >= 11 is 0. The van der Waals surface area contributed by atoms with E-state index in [1.165, 1.54) is 6.21 Å². The molecule has 1 unspecified atom stereocenters. The summed E-state index contributed by atoms with van der Waals surface area (Å²) in [5.41, 5.74) is 2.48. The second-order valence-electron chi connectivity index (χ2n) is 7.00. The molecule has 1 atom stereocenters. The van der Waals surface area contributed by atoms with Crippen LogP contribution in [0.15, 0.2) is 42.5 Å². The third kappa shape index (κ3) is 6.33. The SMILES string of the molecule is CCC(CC)n1cc(C(=N)c2ccnn2C=CC(C=N)=C[NH2+]CCC(C)O)cn1. The normalized spacial score (nSPS) is 13.3. The summed E-state index contributed by atoms with van der Waals surface area (Å²) < 4.78 is 3.56. The van der Waals surface area contributed by atoms with Crippen molar-refractivity contribution in [2.24, 2.45) is 0 Å². The van der Waals surface area contributed by atoms with Crippen molar-refractivity contribution in [2.75, 3.05) is 6.54 Å². The van der Waals surface area contributed by atoms with Crippen LogP contribution < -0.4 is 5.32 Å². The fraction of sp³-hybridized carbons (Fsp3) is 0.429. The van der Waals surface area contributed by atoms with Crippen molar-refractivity contribution in [2.45, 2.75) is 52.2 Å². The molecular formula is C21H32N7O+. The van der Waals surface area contributed by atoms with Gasteiger partial charge in [0.15, 0.2) is 0 Å². The maximum absolute atomic E-state index is 9.30. The zero-order chi connectivity index (χ0) is 21.2. The number of allylic oxidation sites excluding steroid dienone is 2. The van der Waals surface area contributed by atoms with E-state index in [1.807, 2.05) is 22.4 Å². The maximum Gasteiger partial charge on any atom is 0.101 e. The molecule has 2 rings (SSSR count). The molecule has 0 fully saturated rings. The van der Waals surface area contributed by atoms with E-state index in [0.29, 0.717) is 29.4 Å². The molecule has 0 aliphatic rings. The number of aliphatic hydroxyl groups excluding tert-OH is 1. The number of aliphatic hydroxyl groups is 1. The highest BCUT2D eigenvalue weighted by Crippen LogP contribution is 2.17. The fourth-order valence-corrected chi connectivity index (χ4v) is 2.97. The largest absolute Gasteiger partial charge is 0.393 e. The van der Waals surface area contributed by atoms with Crippen LogP contribution in [0.1, 0.15) is 57.3 Å². The molecule has 0 saturated heterocycles. The van der Waals surface area contributed by atoms with Crippen molar-refractivity contribution >= 4 is 18.1 Å². The van der Waals surface area contributed by atoms with Crippen LogP contribution in [-0.2, 0) is 0 Å². The highest BCUT2D eigenvalue weighted by Gasteiger charge is 2.14. The molecule has 8 heteroatoms. The van der Waals surface area contributed by atoms with Crippen molar-refractivity contribution < 1.29 is 10.4 Å². The van der Waals surface area contributed by atoms with Crippen molar-refractivity contribution in [3.63, 3.8) is 0 Å². The van der Waals surface area contributed by atoms with Crippen LogP contribution in [0.2, 0.25) is 0 Å². The topological polar surface area (TPSA) is 120 Å². The quantitative estimate of drug-likeness (QED) is 0.249. The van der Waals surface area contributed by atoms with E-state index in [-0.39, 0.29) is 6.10 Å². The third-order valence-corrected chi connectivity index (χ3v) is 4.77. The van der Waals surface area contributed by atoms with Crippen LogP contribution in [0, 0.1) is 10.8 Å². The average molecular weight is 399 g/mol. The lowest BCUT2D eigenvalue weighted by molar-refractivity contribution is -0.589. The fourth-order valence-electron chi connectivity index (χ4n) is 2.97. The molecule has 0 amide bonds. The number of rotatable bonds is 12. The van der Waals surface area contributed by atoms with Crippen LogP contribution in [0.4, 0.5) is 0 Å². The second kappa shape index (κ2) is 11.2. The minimum Gasteiger partial charge on any atom is -0.393 e. The van der Waals surface area contributed by atoms with Crippen LogP contribution in [0.5, 0.6) is 0 Å². The first-order valence-electron chi connectivity index (χ1n) is 10.1. The van der Waals surface area contributed by atoms with Crippen LogP contribution >= 0.6 is 0 Å². The number of nitrogens with two attached hydrogens (primary N) is 1. The number of hydrogen-bond acceptors (Lipinski definition) is 5. The molecule has 0 saturated carbocycles. The van der Waals surface area contributed by atoms with E-state index >= 15 is 0 Å². The molecule has 0 radical (unpaired) electrons. The summed E-state index contributed by atoms with van der Waals surface area (Å²) in [6.45, 7) is 6.78. The van der Waals surface area contributed by atoms with E-state index < -0.39 is 0 Å². The minimum atomic E-state index is -0.328. The molecule has 2 heterocycles. The molecule has 0 bridgehead atoms. The Morgan fingerprint density at radius 1 is 1.31 bits per heavy atom. The zero-order valence-electron chi connectivity index (χ0n) is 17.4. The van der Waals surface area contributed by atoms with Crippen LogP contribution in [0.25, 0.3) is 6.20 Å². The summed E-state index contributed by atoms with van der Waals surface area (Å²) in [5, 5.41) is 36.1. The van der Waals surface area contributed by atoms with Gasteiger partial charge in [0.1, 0.15) is 6.20 Å². The molecular weight excluding hydrogens is 366 g/mol. The highest BCUT2D eigenvalue weighted by molar-refractivity contribution is 6.09. The lowest BCUT2D eigenvalue weighted by Crippen LogP contribution is -2.78. The second-order valence-corrected chi connectivity index (χ2v) is 7.00. The zero-order valence-corrected chi connectivity index (χ0v) is 17.4. The van der Waals surface area contributed by atoms with Gasteiger partial charge in [0.2, 0.25) is 0 Å². The van der Waals surface area contributed by atoms with Gasteiger partial charge in [0.05, 0.1) is 42.5 Å². The average Bonchev–Trinajstić information content (AvgIpc) is 3.37. The Morgan fingerprint density at radius 3 is 2.72 bits per heavy atom. The summed E-state index contributed by atoms with van der Waals surface area (Å²) in [7, 11) is 0. The number of quaternary nitrogens is 1. The molecule has 0 spiro atoms. The number of nitrogens with zero attached hydrogens (tertiary/aromatic N) is 4. The Labute approximate surface area is 172 Å². The standard InChI is InChI=1S/C21H31N7O/c1-4-19(5-2)28-15-18(14-26-28)21(23)20-7-10-25-27(20)11-8-17(12-22)13-24-9-6-16(3)29/h7-8,10-16,19,22-24,29H,4-6,9H2,1-3H3/p+1. The molecule has 5 N–H and O–H groups in total. The first-order chi connectivity index (χ1) is 14.0. The van der Waals surface area contributed by atoms with Gasteiger partial charge in [0, 0.05) is 36.2 Å². The van der Waals surface area contributed by atoms with Gasteiger partial charge < -0.3 is 15.8 Å². The van der Waals surface area contributed by atoms with Gasteiger partial charge in [-0.25, -0.2) is 4.68 Å². The summed E-state index contributed by atoms with van der Waals surface area (Å²) in [4.78, 5) is 0. The number of hydrogen-bond donors (Lipinski definition) is 4. The van der Waals surface area contributed by atoms with Gasteiger partial charge in [-0.15, -0.1) is 0 Å². The van der Waals surface area contributed by atoms with E-state index in [0.717, 1.165) is 24.9 Å². The van der Waals surface area contributed by atoms with Crippen molar-refractivity contribution in [3.8, 4) is 0 Å². The van der Waals surface area contributed by atoms with Gasteiger partial charge >= 0.3 is 0 Å². The number of aromatic nitrogens is 4. The first kappa shape index (κ1) is 22.4. The molecule has 8 nitrogen and oxygen atoms in total. The first-order valence-corrected chi connectivity index (χ1v) is 10.1. The predicted molar refractivity (Wildman–Crippen MR) is 115 cm³/mol. The van der Waals surface area contributed by atoms with Gasteiger partial charge in [0.25, 0.3) is 0 Å². The summed E-state index contributed by atoms with van der Waals surface area (Å²) in [5.74, 6) is 0. The Morgan fingerprint density at radius 2 is 2.07 bits per heavy atom. The van der Waals surface area contributed by atoms with Gasteiger partial charge in [-0.2, -0.15) is 10.2 Å². The van der Waals surface area contributed by atoms with Gasteiger partial charge in [-0.3, -0.25) is 10.1 Å². The third-order valence-electron chi connectivity index (χ3n) is 4.77. The Bertz CT molecular complexity index is 856. The molecule has 2 aromatic heterocycles. The lowest BCUT2D eigenvalue weighted by atomic mass is 10.1. The van der Waals surface area contributed by atoms with Crippen LogP contribution in [-0.4, -0.2) is 49.2 Å². The molecule has 29 heavy (non-hydrogen) atoms. The highest BCUT2D eigenvalue weighted by atomic mass is 16.3. The van der Waals surface area contributed by atoms with Crippen LogP contribution in [0.3, 0.4) is 0 Å². The summed E-state index contributed by atoms with van der Waals surface area (Å²) in [6, 6.07) is 2.13. The van der Waals surface area contributed by atoms with Crippen molar-refractivity contribution in [1.82, 2.24) is 19.6 Å². The Hall–Kier alpha value is -2.84. The monoisotopic (exact) mass is 398 g/mol. The molecule has 0 aliphatic carbocycles. The van der Waals surface area contributed by atoms with Crippen molar-refractivity contribution in [3.05, 3.63) is 53.8 Å². The molecule has 0 aromatic carbocycles. The Kier molecular flexibility index (Phi) is 8.69. The van der Waals surface area contributed by atoms with Gasteiger partial charge in [-0.1, -0.05) is 13.8 Å². The Balaban J connectivity index is 2.11. The minimum absolute atomic E-state index is 0.328. The van der Waals surface area contributed by atoms with E-state index in [4.69, 9.17) is 10.8 Å². The number of nitrogens with one attached hydrogen (secondary N) is 2.